The molecule has 69 heavy (non-hydrogen) atoms. The molecule has 356 valence electrons. The van der Waals surface area contributed by atoms with E-state index in [1.165, 1.54) is 31.2 Å². The lowest BCUT2D eigenvalue weighted by molar-refractivity contribution is -0.137. The highest BCUT2D eigenvalue weighted by Crippen LogP contribution is 2.41. The number of fused-ring (bicyclic) bond motifs is 4. The summed E-state index contributed by atoms with van der Waals surface area (Å²) >= 11 is 0. The quantitative estimate of drug-likeness (QED) is 0.0833. The third-order valence-corrected chi connectivity index (χ3v) is 12.0. The number of aromatic nitrogens is 1. The maximum atomic E-state index is 14.1. The standard InChI is InChI=1S/C49H50N10O10/c1-29(52-42(61)27-50-41(60)8-5-18-59-44(63)15-16-45(59)64)46(65)51-28-43(62)53-32-11-9-30(10-12-32)47(66)54-33-13-14-37-31(24-33)25-38(55-37)48(67)58-19-17-35-34-6-3-4-7-36(34)40(26-39(35)58)69-49(68)57-22-20-56(2)21-23-57/h3-4,6-7,9-16,24-26,29,55H,5,8,17-23,27-28H2,1-2H3,(H,50,60)(H,51,65)(H,52,61)(H,53,62)(H,54,66)/t29-/m0/s1. The zero-order valence-electron chi connectivity index (χ0n) is 37.9. The van der Waals surface area contributed by atoms with Crippen LogP contribution in [-0.2, 0) is 35.2 Å². The fourth-order valence-electron chi connectivity index (χ4n) is 8.26. The van der Waals surface area contributed by atoms with Crippen LogP contribution in [0.3, 0.4) is 0 Å². The molecule has 6 N–H and O–H groups in total. The summed E-state index contributed by atoms with van der Waals surface area (Å²) in [5.74, 6) is -3.49. The molecule has 0 unspecified atom stereocenters. The highest BCUT2D eigenvalue weighted by molar-refractivity contribution is 6.13. The fourth-order valence-corrected chi connectivity index (χ4v) is 8.26. The number of carbonyl (C=O) groups excluding carboxylic acids is 9. The Morgan fingerprint density at radius 1 is 0.739 bits per heavy atom. The Morgan fingerprint density at radius 2 is 1.43 bits per heavy atom. The molecular formula is C49H50N10O10. The number of nitrogens with one attached hydrogen (secondary N) is 6. The van der Waals surface area contributed by atoms with E-state index in [0.29, 0.717) is 71.0 Å². The summed E-state index contributed by atoms with van der Waals surface area (Å²) in [6, 6.07) is 21.5. The highest BCUT2D eigenvalue weighted by Gasteiger charge is 2.31. The van der Waals surface area contributed by atoms with Gasteiger partial charge in [0.25, 0.3) is 23.6 Å². The molecule has 1 atom stereocenters. The number of ether oxygens (including phenoxy) is 1. The molecule has 5 aromatic rings. The second kappa shape index (κ2) is 20.6. The monoisotopic (exact) mass is 938 g/mol. The van der Waals surface area contributed by atoms with Crippen LogP contribution < -0.4 is 36.2 Å². The largest absolute Gasteiger partial charge is 0.415 e. The minimum Gasteiger partial charge on any atom is -0.409 e. The first-order valence-corrected chi connectivity index (χ1v) is 22.4. The number of anilines is 3. The van der Waals surface area contributed by atoms with Gasteiger partial charge in [-0.25, -0.2) is 4.79 Å². The Labute approximate surface area is 395 Å². The molecule has 0 spiro atoms. The molecule has 0 aliphatic carbocycles. The lowest BCUT2D eigenvalue weighted by Gasteiger charge is -2.31. The van der Waals surface area contributed by atoms with E-state index in [0.717, 1.165) is 46.5 Å². The number of H-pyrrole nitrogens is 1. The van der Waals surface area contributed by atoms with Gasteiger partial charge in [-0.15, -0.1) is 0 Å². The van der Waals surface area contributed by atoms with Crippen molar-refractivity contribution in [2.75, 3.05) is 74.9 Å². The number of benzene rings is 4. The SMILES string of the molecule is C[C@H](NC(=O)CNC(=O)CCCN1C(=O)C=CC1=O)C(=O)NCC(=O)Nc1ccc(C(=O)Nc2ccc3[nH]c(C(=O)N4CCc5c4cc(OC(=O)N4CCN(C)CC4)c4ccccc54)cc3c2)cc1. The Balaban J connectivity index is 0.797. The van der Waals surface area contributed by atoms with Crippen LogP contribution in [0.15, 0.2) is 91.0 Å². The molecule has 1 fully saturated rings. The Morgan fingerprint density at radius 3 is 2.17 bits per heavy atom. The third kappa shape index (κ3) is 11.1. The van der Waals surface area contributed by atoms with Crippen LogP contribution in [-0.4, -0.2) is 138 Å². The number of hydrogen-bond acceptors (Lipinski definition) is 11. The van der Waals surface area contributed by atoms with E-state index in [4.69, 9.17) is 4.74 Å². The summed E-state index contributed by atoms with van der Waals surface area (Å²) in [4.78, 5) is 123. The number of nitrogens with zero attached hydrogens (tertiary/aromatic N) is 4. The molecule has 20 heteroatoms. The van der Waals surface area contributed by atoms with Gasteiger partial charge in [0.15, 0.2) is 0 Å². The zero-order valence-corrected chi connectivity index (χ0v) is 37.9. The van der Waals surface area contributed by atoms with Gasteiger partial charge in [-0.05, 0) is 86.3 Å². The number of piperazine rings is 1. The molecule has 0 bridgehead atoms. The average Bonchev–Trinajstić information content (AvgIpc) is 4.06. The average molecular weight is 939 g/mol. The zero-order chi connectivity index (χ0) is 48.8. The molecule has 1 saturated heterocycles. The number of amides is 9. The highest BCUT2D eigenvalue weighted by atomic mass is 16.6. The van der Waals surface area contributed by atoms with Crippen molar-refractivity contribution in [2.45, 2.75) is 32.2 Å². The summed E-state index contributed by atoms with van der Waals surface area (Å²) in [6.45, 7) is 3.74. The molecule has 4 aromatic carbocycles. The van der Waals surface area contributed by atoms with Crippen LogP contribution in [0, 0.1) is 0 Å². The Hall–Kier alpha value is -8.39. The minimum absolute atomic E-state index is 0.0262. The maximum Gasteiger partial charge on any atom is 0.415 e. The van der Waals surface area contributed by atoms with E-state index in [-0.39, 0.29) is 25.3 Å². The van der Waals surface area contributed by atoms with E-state index < -0.39 is 66.6 Å². The van der Waals surface area contributed by atoms with Gasteiger partial charge in [-0.1, -0.05) is 24.3 Å². The molecule has 9 amide bonds. The van der Waals surface area contributed by atoms with Crippen LogP contribution in [0.1, 0.15) is 46.2 Å². The molecule has 8 rings (SSSR count). The summed E-state index contributed by atoms with van der Waals surface area (Å²) in [5.41, 5.74) is 3.86. The summed E-state index contributed by atoms with van der Waals surface area (Å²) in [6.07, 6.45) is 2.70. The maximum absolute atomic E-state index is 14.1. The number of hydrogen-bond donors (Lipinski definition) is 6. The summed E-state index contributed by atoms with van der Waals surface area (Å²) in [7, 11) is 2.01. The first-order chi connectivity index (χ1) is 33.2. The van der Waals surface area contributed by atoms with Gasteiger partial charge in [0, 0.05) is 97.1 Å². The number of rotatable bonds is 15. The van der Waals surface area contributed by atoms with Crippen molar-refractivity contribution < 1.29 is 47.9 Å². The van der Waals surface area contributed by atoms with Gasteiger partial charge >= 0.3 is 6.09 Å². The van der Waals surface area contributed by atoms with E-state index in [9.17, 15) is 43.2 Å². The number of imide groups is 1. The second-order valence-corrected chi connectivity index (χ2v) is 16.9. The smallest absolute Gasteiger partial charge is 0.409 e. The van der Waals surface area contributed by atoms with Crippen LogP contribution >= 0.6 is 0 Å². The van der Waals surface area contributed by atoms with Gasteiger partial charge in [0.2, 0.25) is 23.6 Å². The number of likely N-dealkylation sites (N-methyl/N-ethyl adjacent to an activating group) is 1. The molecule has 20 nitrogen and oxygen atoms in total. The Kier molecular flexibility index (Phi) is 14.1. The molecular weight excluding hydrogens is 889 g/mol. The third-order valence-electron chi connectivity index (χ3n) is 12.0. The molecule has 4 heterocycles. The fraction of sp³-hybridized carbons (Fsp3) is 0.286. The van der Waals surface area contributed by atoms with Crippen molar-refractivity contribution in [1.29, 1.82) is 0 Å². The predicted octanol–water partition coefficient (Wildman–Crippen LogP) is 2.90. The molecule has 3 aliphatic rings. The van der Waals surface area contributed by atoms with Crippen LogP contribution in [0.4, 0.5) is 21.9 Å². The molecule has 0 radical (unpaired) electrons. The van der Waals surface area contributed by atoms with Gasteiger partial charge in [-0.3, -0.25) is 43.3 Å². The molecule has 1 aromatic heterocycles. The van der Waals surface area contributed by atoms with Crippen molar-refractivity contribution in [3.05, 3.63) is 108 Å². The predicted molar refractivity (Wildman–Crippen MR) is 254 cm³/mol. The van der Waals surface area contributed by atoms with Crippen molar-refractivity contribution in [1.82, 2.24) is 35.6 Å². The summed E-state index contributed by atoms with van der Waals surface area (Å²) in [5, 5.41) is 15.2. The molecule has 0 saturated carbocycles. The van der Waals surface area contributed by atoms with E-state index in [2.05, 4.69) is 36.5 Å². The van der Waals surface area contributed by atoms with Crippen LogP contribution in [0.2, 0.25) is 0 Å². The second-order valence-electron chi connectivity index (χ2n) is 16.9. The molecule has 3 aliphatic heterocycles. The summed E-state index contributed by atoms with van der Waals surface area (Å²) < 4.78 is 6.00. The van der Waals surface area contributed by atoms with E-state index in [1.807, 2.05) is 31.3 Å². The number of carbonyl (C=O) groups is 9. The van der Waals surface area contributed by atoms with Crippen LogP contribution in [0.25, 0.3) is 21.7 Å². The number of aromatic amines is 1. The van der Waals surface area contributed by atoms with Crippen LogP contribution in [0.5, 0.6) is 5.75 Å². The lowest BCUT2D eigenvalue weighted by atomic mass is 10.0. The first kappa shape index (κ1) is 47.1. The topological polar surface area (TPSA) is 252 Å². The van der Waals surface area contributed by atoms with Gasteiger partial charge < -0.3 is 51.0 Å². The van der Waals surface area contributed by atoms with Crippen molar-refractivity contribution >= 4 is 92.1 Å². The Bertz CT molecular complexity index is 2900. The van der Waals surface area contributed by atoms with Crippen molar-refractivity contribution in [3.8, 4) is 5.75 Å². The van der Waals surface area contributed by atoms with Crippen molar-refractivity contribution in [2.24, 2.45) is 0 Å². The van der Waals surface area contributed by atoms with Crippen molar-refractivity contribution in [3.63, 3.8) is 0 Å². The van der Waals surface area contributed by atoms with Gasteiger partial charge in [0.05, 0.1) is 18.8 Å². The minimum atomic E-state index is -1.03. The normalized spacial score (nSPS) is 15.0. The lowest BCUT2D eigenvalue weighted by Crippen LogP contribution is -2.49. The first-order valence-electron chi connectivity index (χ1n) is 22.4. The van der Waals surface area contributed by atoms with E-state index in [1.54, 1.807) is 40.1 Å². The van der Waals surface area contributed by atoms with E-state index >= 15 is 0 Å². The van der Waals surface area contributed by atoms with Gasteiger partial charge in [0.1, 0.15) is 17.5 Å². The van der Waals surface area contributed by atoms with Gasteiger partial charge in [-0.2, -0.15) is 0 Å².